The number of rotatable bonds is 68. The largest absolute Gasteiger partial charge is 0.472 e. The predicted octanol–water partition coefficient (Wildman–Crippen LogP) is 19.1. The van der Waals surface area contributed by atoms with Crippen LogP contribution in [0.4, 0.5) is 0 Å². The van der Waals surface area contributed by atoms with Crippen LogP contribution in [-0.4, -0.2) is 96.7 Å². The summed E-state index contributed by atoms with van der Waals surface area (Å²) in [4.78, 5) is 72.0. The summed E-state index contributed by atoms with van der Waals surface area (Å²) >= 11 is 0. The standard InChI is InChI=1S/C67H130O17P2/c1-5-9-13-17-20-22-24-26-28-29-30-31-33-35-37-39-42-46-50-54-67(72)84-63(58-78-65(70)52-48-44-41-38-36-34-32-27-25-23-21-18-14-10-6-2)60-82-86(75,76)80-56-61(68)55-79-85(73,74)81-59-62(57-77-64(69)51-47-43-16-12-8-4)83-66(71)53-49-45-40-19-15-11-7-3/h61-63,68H,5-60H2,1-4H3,(H,73,74)(H,75,76)/t61-,62+,63+/m0/s1. The monoisotopic (exact) mass is 1270 g/mol. The highest BCUT2D eigenvalue weighted by Gasteiger charge is 2.30. The highest BCUT2D eigenvalue weighted by Crippen LogP contribution is 2.45. The molecule has 86 heavy (non-hydrogen) atoms. The van der Waals surface area contributed by atoms with Gasteiger partial charge in [0.1, 0.15) is 19.3 Å². The molecule has 3 N–H and O–H groups in total. The van der Waals surface area contributed by atoms with E-state index in [9.17, 15) is 43.2 Å². The van der Waals surface area contributed by atoms with Crippen molar-refractivity contribution >= 4 is 39.5 Å². The lowest BCUT2D eigenvalue weighted by Gasteiger charge is -2.21. The van der Waals surface area contributed by atoms with Crippen molar-refractivity contribution in [2.75, 3.05) is 39.6 Å². The minimum absolute atomic E-state index is 0.103. The molecule has 510 valence electrons. The van der Waals surface area contributed by atoms with E-state index >= 15 is 0 Å². The minimum Gasteiger partial charge on any atom is -0.462 e. The lowest BCUT2D eigenvalue weighted by molar-refractivity contribution is -0.161. The first kappa shape index (κ1) is 84.1. The van der Waals surface area contributed by atoms with E-state index in [2.05, 4.69) is 27.7 Å². The highest BCUT2D eigenvalue weighted by atomic mass is 31.2. The zero-order valence-electron chi connectivity index (χ0n) is 55.3. The molecule has 2 unspecified atom stereocenters. The fraction of sp³-hybridized carbons (Fsp3) is 0.940. The van der Waals surface area contributed by atoms with Gasteiger partial charge < -0.3 is 33.8 Å². The smallest absolute Gasteiger partial charge is 0.462 e. The summed E-state index contributed by atoms with van der Waals surface area (Å²) in [5.74, 6) is -2.14. The van der Waals surface area contributed by atoms with Crippen LogP contribution in [0.15, 0.2) is 0 Å². The van der Waals surface area contributed by atoms with E-state index in [4.69, 9.17) is 37.0 Å². The van der Waals surface area contributed by atoms with Gasteiger partial charge in [0.15, 0.2) is 12.2 Å². The van der Waals surface area contributed by atoms with Crippen LogP contribution >= 0.6 is 15.6 Å². The first-order valence-electron chi connectivity index (χ1n) is 35.3. The second-order valence-corrected chi connectivity index (χ2v) is 27.1. The molecule has 0 bridgehead atoms. The van der Waals surface area contributed by atoms with Crippen molar-refractivity contribution in [2.24, 2.45) is 0 Å². The number of carbonyl (C=O) groups excluding carboxylic acids is 4. The number of hydrogen-bond donors (Lipinski definition) is 3. The van der Waals surface area contributed by atoms with Crippen LogP contribution in [-0.2, 0) is 65.4 Å². The Morgan fingerprint density at radius 1 is 0.279 bits per heavy atom. The van der Waals surface area contributed by atoms with Crippen molar-refractivity contribution in [1.82, 2.24) is 0 Å². The summed E-state index contributed by atoms with van der Waals surface area (Å²) in [6.45, 7) is 4.79. The van der Waals surface area contributed by atoms with Gasteiger partial charge in [0.2, 0.25) is 0 Å². The number of ether oxygens (including phenoxy) is 4. The molecular formula is C67H130O17P2. The molecule has 5 atom stereocenters. The fourth-order valence-corrected chi connectivity index (χ4v) is 11.7. The Balaban J connectivity index is 5.10. The van der Waals surface area contributed by atoms with Crippen LogP contribution in [0.5, 0.6) is 0 Å². The zero-order valence-corrected chi connectivity index (χ0v) is 57.1. The Hall–Kier alpha value is -1.94. The summed E-state index contributed by atoms with van der Waals surface area (Å²) in [5.41, 5.74) is 0. The number of carbonyl (C=O) groups is 4. The molecule has 19 heteroatoms. The minimum atomic E-state index is -4.94. The van der Waals surface area contributed by atoms with Crippen LogP contribution in [0.25, 0.3) is 0 Å². The lowest BCUT2D eigenvalue weighted by Crippen LogP contribution is -2.30. The third-order valence-electron chi connectivity index (χ3n) is 15.6. The Kier molecular flexibility index (Phi) is 60.5. The van der Waals surface area contributed by atoms with Crippen molar-refractivity contribution in [3.63, 3.8) is 0 Å². The van der Waals surface area contributed by atoms with Crippen molar-refractivity contribution in [1.29, 1.82) is 0 Å². The normalized spacial score (nSPS) is 14.1. The maximum absolute atomic E-state index is 13.0. The number of aliphatic hydroxyl groups is 1. The third-order valence-corrected chi connectivity index (χ3v) is 17.5. The van der Waals surface area contributed by atoms with Crippen molar-refractivity contribution in [3.8, 4) is 0 Å². The van der Waals surface area contributed by atoms with E-state index < -0.39 is 97.5 Å². The molecule has 0 aliphatic rings. The van der Waals surface area contributed by atoms with E-state index in [-0.39, 0.29) is 25.7 Å². The molecule has 0 aromatic heterocycles. The molecule has 17 nitrogen and oxygen atoms in total. The maximum atomic E-state index is 13.0. The molecule has 0 fully saturated rings. The molecule has 0 spiro atoms. The summed E-state index contributed by atoms with van der Waals surface area (Å²) in [5, 5.41) is 10.5. The number of esters is 4. The van der Waals surface area contributed by atoms with Crippen molar-refractivity contribution < 1.29 is 80.2 Å². The topological polar surface area (TPSA) is 237 Å². The van der Waals surface area contributed by atoms with Gasteiger partial charge in [0, 0.05) is 25.7 Å². The number of unbranched alkanes of at least 4 members (excludes halogenated alkanes) is 42. The number of aliphatic hydroxyl groups excluding tert-OH is 1. The van der Waals surface area contributed by atoms with Crippen LogP contribution < -0.4 is 0 Å². The first-order chi connectivity index (χ1) is 41.7. The van der Waals surface area contributed by atoms with Crippen LogP contribution in [0.3, 0.4) is 0 Å². The van der Waals surface area contributed by atoms with Crippen molar-refractivity contribution in [2.45, 2.75) is 367 Å². The quantitative estimate of drug-likeness (QED) is 0.0222. The fourth-order valence-electron chi connectivity index (χ4n) is 10.2. The van der Waals surface area contributed by atoms with Gasteiger partial charge in [-0.15, -0.1) is 0 Å². The SMILES string of the molecule is CCCCCCCCCCCCCCCCCCCCCC(=O)O[C@H](COC(=O)CCCCCCCCCCCCCCCCC)COP(=O)(O)OC[C@@H](O)COP(=O)(O)OC[C@@H](COC(=O)CCCCCCC)OC(=O)CCCCCCCCC. The van der Waals surface area contributed by atoms with E-state index in [1.807, 2.05) is 0 Å². The molecule has 0 rings (SSSR count). The molecule has 0 aromatic rings. The van der Waals surface area contributed by atoms with Crippen LogP contribution in [0.1, 0.15) is 349 Å². The van der Waals surface area contributed by atoms with E-state index in [0.717, 1.165) is 109 Å². The van der Waals surface area contributed by atoms with Gasteiger partial charge in [-0.3, -0.25) is 37.3 Å². The summed E-state index contributed by atoms with van der Waals surface area (Å²) in [6, 6.07) is 0. The van der Waals surface area contributed by atoms with Gasteiger partial charge in [-0.25, -0.2) is 9.13 Å². The predicted molar refractivity (Wildman–Crippen MR) is 345 cm³/mol. The molecule has 0 aliphatic heterocycles. The number of hydrogen-bond acceptors (Lipinski definition) is 15. The average Bonchev–Trinajstić information content (AvgIpc) is 3.50. The Bertz CT molecular complexity index is 1650. The Morgan fingerprint density at radius 2 is 0.465 bits per heavy atom. The van der Waals surface area contributed by atoms with E-state index in [1.165, 1.54) is 161 Å². The van der Waals surface area contributed by atoms with Gasteiger partial charge in [-0.1, -0.05) is 297 Å². The summed E-state index contributed by atoms with van der Waals surface area (Å²) < 4.78 is 67.8. The van der Waals surface area contributed by atoms with Gasteiger partial charge in [-0.05, 0) is 25.7 Å². The Morgan fingerprint density at radius 3 is 0.686 bits per heavy atom. The van der Waals surface area contributed by atoms with Gasteiger partial charge >= 0.3 is 39.5 Å². The number of phosphoric acid groups is 2. The molecule has 0 saturated carbocycles. The van der Waals surface area contributed by atoms with Gasteiger partial charge in [0.25, 0.3) is 0 Å². The van der Waals surface area contributed by atoms with Crippen molar-refractivity contribution in [3.05, 3.63) is 0 Å². The van der Waals surface area contributed by atoms with Crippen LogP contribution in [0.2, 0.25) is 0 Å². The second-order valence-electron chi connectivity index (χ2n) is 24.2. The molecule has 0 aliphatic carbocycles. The summed E-state index contributed by atoms with van der Waals surface area (Å²) in [7, 11) is -9.88. The number of phosphoric ester groups is 2. The second kappa shape index (κ2) is 61.9. The third kappa shape index (κ3) is 60.9. The molecule has 0 heterocycles. The highest BCUT2D eigenvalue weighted by molar-refractivity contribution is 7.47. The van der Waals surface area contributed by atoms with Crippen LogP contribution in [0, 0.1) is 0 Å². The molecular weight excluding hydrogens is 1140 g/mol. The van der Waals surface area contributed by atoms with E-state index in [1.54, 1.807) is 0 Å². The summed E-state index contributed by atoms with van der Waals surface area (Å²) in [6.07, 6.45) is 49.2. The maximum Gasteiger partial charge on any atom is 0.472 e. The molecule has 0 saturated heterocycles. The Labute approximate surface area is 524 Å². The first-order valence-corrected chi connectivity index (χ1v) is 38.3. The van der Waals surface area contributed by atoms with Gasteiger partial charge in [0.05, 0.1) is 26.4 Å². The molecule has 0 aromatic carbocycles. The molecule has 0 amide bonds. The van der Waals surface area contributed by atoms with Gasteiger partial charge in [-0.2, -0.15) is 0 Å². The average molecular weight is 1270 g/mol. The lowest BCUT2D eigenvalue weighted by atomic mass is 10.0. The molecule has 0 radical (unpaired) electrons. The zero-order chi connectivity index (χ0) is 63.3. The van der Waals surface area contributed by atoms with E-state index in [0.29, 0.717) is 25.7 Å².